The van der Waals surface area contributed by atoms with E-state index in [2.05, 4.69) is 10.2 Å². The van der Waals surface area contributed by atoms with E-state index < -0.39 is 11.1 Å². The zero-order chi connectivity index (χ0) is 10.9. The lowest BCUT2D eigenvalue weighted by molar-refractivity contribution is 0.236. The van der Waals surface area contributed by atoms with E-state index in [4.69, 9.17) is 0 Å². The Morgan fingerprint density at radius 2 is 1.80 bits per heavy atom. The van der Waals surface area contributed by atoms with Crippen LogP contribution in [0.2, 0.25) is 0 Å². The van der Waals surface area contributed by atoms with E-state index in [1.807, 2.05) is 0 Å². The van der Waals surface area contributed by atoms with Crippen LogP contribution in [0.15, 0.2) is 0 Å². The molecule has 0 saturated carbocycles. The van der Waals surface area contributed by atoms with Gasteiger partial charge in [-0.15, -0.1) is 0 Å². The van der Waals surface area contributed by atoms with Crippen molar-refractivity contribution in [2.24, 2.45) is 0 Å². The van der Waals surface area contributed by atoms with Gasteiger partial charge in [0, 0.05) is 31.9 Å². The highest BCUT2D eigenvalue weighted by atomic mass is 32.2. The summed E-state index contributed by atoms with van der Waals surface area (Å²) in [6, 6.07) is 0. The summed E-state index contributed by atoms with van der Waals surface area (Å²) >= 11 is -1.84. The molecule has 1 aliphatic rings. The highest BCUT2D eigenvalue weighted by Gasteiger charge is 2.07. The van der Waals surface area contributed by atoms with Crippen molar-refractivity contribution < 1.29 is 8.76 Å². The van der Waals surface area contributed by atoms with Crippen molar-refractivity contribution in [1.29, 1.82) is 0 Å². The molecular formula is C10H21N2O2S-. The first-order valence-electron chi connectivity index (χ1n) is 5.78. The van der Waals surface area contributed by atoms with Gasteiger partial charge in [0.15, 0.2) is 0 Å². The molecule has 4 nitrogen and oxygen atoms in total. The predicted molar refractivity (Wildman–Crippen MR) is 61.6 cm³/mol. The van der Waals surface area contributed by atoms with Gasteiger partial charge < -0.3 is 14.8 Å². The number of nitrogens with zero attached hydrogens (tertiary/aromatic N) is 1. The summed E-state index contributed by atoms with van der Waals surface area (Å²) in [5, 5.41) is 3.33. The van der Waals surface area contributed by atoms with Crippen molar-refractivity contribution >= 4 is 11.1 Å². The van der Waals surface area contributed by atoms with Crippen LogP contribution in [0.4, 0.5) is 0 Å². The predicted octanol–water partition coefficient (Wildman–Crippen LogP) is 0.331. The van der Waals surface area contributed by atoms with E-state index in [0.29, 0.717) is 5.75 Å². The molecule has 1 atom stereocenters. The molecule has 0 aromatic heterocycles. The summed E-state index contributed by atoms with van der Waals surface area (Å²) in [6.07, 6.45) is 4.21. The maximum Gasteiger partial charge on any atom is 0.0107 e. The molecule has 0 bridgehead atoms. The highest BCUT2D eigenvalue weighted by molar-refractivity contribution is 7.79. The minimum atomic E-state index is -1.84. The summed E-state index contributed by atoms with van der Waals surface area (Å²) in [5.74, 6) is 0.327. The topological polar surface area (TPSA) is 55.4 Å². The Morgan fingerprint density at radius 3 is 2.47 bits per heavy atom. The van der Waals surface area contributed by atoms with Crippen LogP contribution in [0.3, 0.4) is 0 Å². The molecule has 5 heteroatoms. The molecule has 15 heavy (non-hydrogen) atoms. The summed E-state index contributed by atoms with van der Waals surface area (Å²) in [5.41, 5.74) is 0. The van der Waals surface area contributed by atoms with Gasteiger partial charge in [0.1, 0.15) is 0 Å². The fourth-order valence-corrected chi connectivity index (χ4v) is 2.28. The largest absolute Gasteiger partial charge is 0.772 e. The minimum absolute atomic E-state index is 0.327. The third kappa shape index (κ3) is 7.00. The smallest absolute Gasteiger partial charge is 0.0107 e. The number of hydrogen-bond donors (Lipinski definition) is 1. The Bertz CT molecular complexity index is 184. The van der Waals surface area contributed by atoms with Gasteiger partial charge in [0.25, 0.3) is 0 Å². The Balaban J connectivity index is 1.85. The third-order valence-electron chi connectivity index (χ3n) is 2.74. The van der Waals surface area contributed by atoms with Crippen molar-refractivity contribution in [3.63, 3.8) is 0 Å². The number of hydrogen-bond acceptors (Lipinski definition) is 4. The van der Waals surface area contributed by atoms with Crippen molar-refractivity contribution in [3.05, 3.63) is 0 Å². The van der Waals surface area contributed by atoms with Crippen molar-refractivity contribution in [3.8, 4) is 0 Å². The summed E-state index contributed by atoms with van der Waals surface area (Å²) in [7, 11) is 0. The number of nitrogens with one attached hydrogen (secondary N) is 1. The molecule has 0 aromatic carbocycles. The number of piperazine rings is 1. The lowest BCUT2D eigenvalue weighted by atomic mass is 10.2. The molecule has 90 valence electrons. The van der Waals surface area contributed by atoms with Crippen LogP contribution < -0.4 is 5.32 Å². The van der Waals surface area contributed by atoms with Crippen molar-refractivity contribution in [2.75, 3.05) is 38.5 Å². The summed E-state index contributed by atoms with van der Waals surface area (Å²) in [6.45, 7) is 5.70. The number of rotatable bonds is 7. The van der Waals surface area contributed by atoms with Crippen LogP contribution in [0, 0.1) is 0 Å². The summed E-state index contributed by atoms with van der Waals surface area (Å²) in [4.78, 5) is 2.47. The first-order valence-corrected chi connectivity index (χ1v) is 7.02. The van der Waals surface area contributed by atoms with Crippen molar-refractivity contribution in [1.82, 2.24) is 10.2 Å². The van der Waals surface area contributed by atoms with Gasteiger partial charge in [-0.1, -0.05) is 23.9 Å². The van der Waals surface area contributed by atoms with E-state index in [1.54, 1.807) is 0 Å². The monoisotopic (exact) mass is 233 g/mol. The molecule has 1 N–H and O–H groups in total. The molecule has 0 spiro atoms. The van der Waals surface area contributed by atoms with Gasteiger partial charge in [0.2, 0.25) is 0 Å². The Labute approximate surface area is 94.7 Å². The molecule has 1 unspecified atom stereocenters. The third-order valence-corrected chi connectivity index (χ3v) is 3.37. The van der Waals surface area contributed by atoms with E-state index in [-0.39, 0.29) is 0 Å². The van der Waals surface area contributed by atoms with Gasteiger partial charge in [-0.3, -0.25) is 4.21 Å². The van der Waals surface area contributed by atoms with Crippen LogP contribution in [0.1, 0.15) is 25.7 Å². The summed E-state index contributed by atoms with van der Waals surface area (Å²) < 4.78 is 20.5. The van der Waals surface area contributed by atoms with Crippen LogP contribution >= 0.6 is 0 Å². The van der Waals surface area contributed by atoms with Gasteiger partial charge in [-0.05, 0) is 19.4 Å². The first-order chi connectivity index (χ1) is 7.29. The van der Waals surface area contributed by atoms with E-state index >= 15 is 0 Å². The SMILES string of the molecule is O=S([O-])CCCCCCN1CCNCC1. The molecule has 0 aromatic rings. The lowest BCUT2D eigenvalue weighted by Crippen LogP contribution is -2.43. The molecule has 1 heterocycles. The van der Waals surface area contributed by atoms with Gasteiger partial charge in [-0.25, -0.2) is 0 Å². The minimum Gasteiger partial charge on any atom is -0.772 e. The second kappa shape index (κ2) is 8.21. The van der Waals surface area contributed by atoms with Gasteiger partial charge >= 0.3 is 0 Å². The van der Waals surface area contributed by atoms with E-state index in [9.17, 15) is 8.76 Å². The Morgan fingerprint density at radius 1 is 1.13 bits per heavy atom. The maximum atomic E-state index is 10.3. The second-order valence-electron chi connectivity index (χ2n) is 4.01. The maximum absolute atomic E-state index is 10.3. The quantitative estimate of drug-likeness (QED) is 0.508. The highest BCUT2D eigenvalue weighted by Crippen LogP contribution is 2.03. The molecule has 1 fully saturated rings. The zero-order valence-corrected chi connectivity index (χ0v) is 10.1. The fourth-order valence-electron chi connectivity index (χ4n) is 1.84. The molecule has 1 aliphatic heterocycles. The lowest BCUT2D eigenvalue weighted by Gasteiger charge is -2.27. The molecule has 1 rings (SSSR count). The average Bonchev–Trinajstić information content (AvgIpc) is 2.24. The molecule has 0 amide bonds. The molecule has 0 radical (unpaired) electrons. The molecular weight excluding hydrogens is 212 g/mol. The van der Waals surface area contributed by atoms with Crippen molar-refractivity contribution in [2.45, 2.75) is 25.7 Å². The van der Waals surface area contributed by atoms with Crippen LogP contribution in [0.5, 0.6) is 0 Å². The van der Waals surface area contributed by atoms with Crippen LogP contribution in [0.25, 0.3) is 0 Å². The van der Waals surface area contributed by atoms with Crippen LogP contribution in [-0.2, 0) is 11.1 Å². The average molecular weight is 233 g/mol. The second-order valence-corrected chi connectivity index (χ2v) is 5.03. The standard InChI is InChI=1S/C10H22N2O2S/c13-15(14)10-4-2-1-3-7-12-8-5-11-6-9-12/h11H,1-10H2,(H,13,14)/p-1. The molecule has 1 saturated heterocycles. The van der Waals surface area contributed by atoms with E-state index in [0.717, 1.165) is 45.4 Å². The van der Waals surface area contributed by atoms with Crippen LogP contribution in [-0.4, -0.2) is 52.1 Å². The fraction of sp³-hybridized carbons (Fsp3) is 1.00. The number of unbranched alkanes of at least 4 members (excludes halogenated alkanes) is 3. The Hall–Kier alpha value is 0.0300. The zero-order valence-electron chi connectivity index (χ0n) is 9.24. The van der Waals surface area contributed by atoms with E-state index in [1.165, 1.54) is 13.0 Å². The molecule has 0 aliphatic carbocycles. The normalized spacial score (nSPS) is 20.3. The van der Waals surface area contributed by atoms with Gasteiger partial charge in [0.05, 0.1) is 0 Å². The first kappa shape index (κ1) is 13.1. The Kier molecular flexibility index (Phi) is 7.17. The van der Waals surface area contributed by atoms with Gasteiger partial charge in [-0.2, -0.15) is 0 Å².